The van der Waals surface area contributed by atoms with E-state index < -0.39 is 6.10 Å². The number of hydrogen-bond donors (Lipinski definition) is 2. The molecule has 3 rings (SSSR count). The second-order valence-electron chi connectivity index (χ2n) is 6.06. The van der Waals surface area contributed by atoms with Crippen molar-refractivity contribution >= 4 is 21.6 Å². The first-order valence-corrected chi connectivity index (χ1v) is 8.98. The van der Waals surface area contributed by atoms with Gasteiger partial charge in [-0.2, -0.15) is 4.37 Å². The van der Waals surface area contributed by atoms with Gasteiger partial charge < -0.3 is 15.2 Å². The number of nitrogens with zero attached hydrogens (tertiary/aromatic N) is 1. The van der Waals surface area contributed by atoms with Crippen molar-refractivity contribution in [2.45, 2.75) is 50.7 Å². The van der Waals surface area contributed by atoms with Crippen LogP contribution in [0.4, 0.5) is 0 Å². The highest BCUT2D eigenvalue weighted by molar-refractivity contribution is 7.13. The summed E-state index contributed by atoms with van der Waals surface area (Å²) in [6.07, 6.45) is 9.11. The van der Waals surface area contributed by atoms with Crippen LogP contribution in [0.2, 0.25) is 0 Å². The molecule has 1 aromatic carbocycles. The van der Waals surface area contributed by atoms with E-state index in [1.807, 2.05) is 24.4 Å². The number of benzene rings is 1. The van der Waals surface area contributed by atoms with E-state index in [0.29, 0.717) is 19.2 Å². The molecule has 0 bridgehead atoms. The number of aliphatic hydroxyl groups excluding tert-OH is 1. The van der Waals surface area contributed by atoms with Crippen molar-refractivity contribution in [1.82, 2.24) is 9.69 Å². The first-order valence-electron chi connectivity index (χ1n) is 8.20. The molecule has 1 aliphatic carbocycles. The van der Waals surface area contributed by atoms with Crippen molar-refractivity contribution in [3.63, 3.8) is 0 Å². The number of hydrogen-bond acceptors (Lipinski definition) is 5. The lowest BCUT2D eigenvalue weighted by molar-refractivity contribution is 0.104. The highest BCUT2D eigenvalue weighted by Crippen LogP contribution is 2.27. The molecule has 0 radical (unpaired) electrons. The Bertz CT molecular complexity index is 579. The third-order valence-corrected chi connectivity index (χ3v) is 5.05. The molecule has 1 saturated carbocycles. The summed E-state index contributed by atoms with van der Waals surface area (Å²) >= 11 is 1.46. The molecule has 1 unspecified atom stereocenters. The third kappa shape index (κ3) is 4.18. The van der Waals surface area contributed by atoms with Crippen LogP contribution in [0.15, 0.2) is 24.4 Å². The largest absolute Gasteiger partial charge is 0.490 e. The fraction of sp³-hybridized carbons (Fsp3) is 0.588. The highest BCUT2D eigenvalue weighted by Gasteiger charge is 2.14. The Morgan fingerprint density at radius 2 is 2.09 bits per heavy atom. The minimum atomic E-state index is -0.481. The van der Waals surface area contributed by atoms with Gasteiger partial charge in [0.2, 0.25) is 0 Å². The lowest BCUT2D eigenvalue weighted by Crippen LogP contribution is -2.37. The van der Waals surface area contributed by atoms with Gasteiger partial charge in [-0.3, -0.25) is 0 Å². The van der Waals surface area contributed by atoms with E-state index in [1.54, 1.807) is 0 Å². The molecule has 0 saturated heterocycles. The third-order valence-electron chi connectivity index (χ3n) is 4.29. The molecule has 5 heteroatoms. The number of aromatic nitrogens is 1. The van der Waals surface area contributed by atoms with Crippen molar-refractivity contribution in [3.8, 4) is 5.75 Å². The summed E-state index contributed by atoms with van der Waals surface area (Å²) in [5.41, 5.74) is 0. The summed E-state index contributed by atoms with van der Waals surface area (Å²) < 4.78 is 11.1. The maximum absolute atomic E-state index is 10.1. The molecule has 1 heterocycles. The first-order chi connectivity index (χ1) is 10.8. The van der Waals surface area contributed by atoms with E-state index in [0.717, 1.165) is 15.8 Å². The summed E-state index contributed by atoms with van der Waals surface area (Å²) in [5, 5.41) is 14.6. The Kier molecular flexibility index (Phi) is 5.64. The van der Waals surface area contributed by atoms with E-state index in [1.165, 1.54) is 50.1 Å². The zero-order valence-electron chi connectivity index (χ0n) is 12.8. The number of ether oxygens (including phenoxy) is 1. The predicted octanol–water partition coefficient (Wildman–Crippen LogP) is 3.35. The van der Waals surface area contributed by atoms with Crippen molar-refractivity contribution in [2.75, 3.05) is 13.2 Å². The summed E-state index contributed by atoms with van der Waals surface area (Å²) in [7, 11) is 0. The minimum Gasteiger partial charge on any atom is -0.490 e. The standard InChI is InChI=1S/C17H24N2O2S/c20-14(10-18-13-6-3-1-2-4-7-13)12-21-16-8-5-9-17-15(16)11-19-22-17/h5,8-9,11,13-14,18,20H,1-4,6-7,10,12H2. The maximum Gasteiger partial charge on any atom is 0.129 e. The zero-order chi connectivity index (χ0) is 15.2. The van der Waals surface area contributed by atoms with Gasteiger partial charge in [0, 0.05) is 12.6 Å². The lowest BCUT2D eigenvalue weighted by Gasteiger charge is -2.19. The van der Waals surface area contributed by atoms with Crippen LogP contribution in [-0.2, 0) is 0 Å². The van der Waals surface area contributed by atoms with Crippen LogP contribution in [-0.4, -0.2) is 34.8 Å². The Hall–Kier alpha value is -1.17. The van der Waals surface area contributed by atoms with Crippen molar-refractivity contribution in [1.29, 1.82) is 0 Å². The SMILES string of the molecule is OC(CNC1CCCCCC1)COc1cccc2sncc12. The molecule has 1 aromatic heterocycles. The van der Waals surface area contributed by atoms with Gasteiger partial charge in [0.05, 0.1) is 16.3 Å². The Balaban J connectivity index is 1.45. The fourth-order valence-electron chi connectivity index (χ4n) is 3.02. The van der Waals surface area contributed by atoms with Crippen LogP contribution in [0, 0.1) is 0 Å². The molecule has 120 valence electrons. The second kappa shape index (κ2) is 7.90. The van der Waals surface area contributed by atoms with Gasteiger partial charge in [-0.05, 0) is 36.5 Å². The second-order valence-corrected chi connectivity index (χ2v) is 6.89. The van der Waals surface area contributed by atoms with Gasteiger partial charge >= 0.3 is 0 Å². The predicted molar refractivity (Wildman–Crippen MR) is 90.6 cm³/mol. The maximum atomic E-state index is 10.1. The Morgan fingerprint density at radius 3 is 2.91 bits per heavy atom. The van der Waals surface area contributed by atoms with Gasteiger partial charge in [0.1, 0.15) is 18.5 Å². The molecule has 2 aromatic rings. The van der Waals surface area contributed by atoms with Crippen molar-refractivity contribution in [3.05, 3.63) is 24.4 Å². The van der Waals surface area contributed by atoms with Crippen molar-refractivity contribution in [2.24, 2.45) is 0 Å². The summed E-state index contributed by atoms with van der Waals surface area (Å²) in [4.78, 5) is 0. The van der Waals surface area contributed by atoms with E-state index in [-0.39, 0.29) is 0 Å². The summed E-state index contributed by atoms with van der Waals surface area (Å²) in [6.45, 7) is 0.914. The van der Waals surface area contributed by atoms with Crippen LogP contribution in [0.25, 0.3) is 10.1 Å². The summed E-state index contributed by atoms with van der Waals surface area (Å²) in [5.74, 6) is 0.805. The fourth-order valence-corrected chi connectivity index (χ4v) is 3.69. The van der Waals surface area contributed by atoms with Crippen LogP contribution in [0.3, 0.4) is 0 Å². The van der Waals surface area contributed by atoms with Crippen LogP contribution in [0.5, 0.6) is 5.75 Å². The summed E-state index contributed by atoms with van der Waals surface area (Å²) in [6, 6.07) is 6.49. The molecule has 22 heavy (non-hydrogen) atoms. The number of fused-ring (bicyclic) bond motifs is 1. The topological polar surface area (TPSA) is 54.4 Å². The Morgan fingerprint density at radius 1 is 1.27 bits per heavy atom. The molecule has 0 amide bonds. The molecule has 1 fully saturated rings. The van der Waals surface area contributed by atoms with Crippen LogP contribution >= 0.6 is 11.5 Å². The van der Waals surface area contributed by atoms with E-state index in [9.17, 15) is 5.11 Å². The normalized spacial score (nSPS) is 18.2. The van der Waals surface area contributed by atoms with Gasteiger partial charge in [-0.15, -0.1) is 0 Å². The van der Waals surface area contributed by atoms with Crippen LogP contribution < -0.4 is 10.1 Å². The molecule has 1 aliphatic rings. The zero-order valence-corrected chi connectivity index (χ0v) is 13.6. The van der Waals surface area contributed by atoms with E-state index >= 15 is 0 Å². The smallest absolute Gasteiger partial charge is 0.129 e. The van der Waals surface area contributed by atoms with E-state index in [2.05, 4.69) is 9.69 Å². The number of nitrogens with one attached hydrogen (secondary N) is 1. The molecule has 2 N–H and O–H groups in total. The average Bonchev–Trinajstić information content (AvgIpc) is 2.87. The molecule has 0 spiro atoms. The molecular formula is C17H24N2O2S. The average molecular weight is 320 g/mol. The molecule has 1 atom stereocenters. The monoisotopic (exact) mass is 320 g/mol. The van der Waals surface area contributed by atoms with Crippen LogP contribution in [0.1, 0.15) is 38.5 Å². The van der Waals surface area contributed by atoms with Gasteiger partial charge in [-0.25, -0.2) is 0 Å². The first kappa shape index (κ1) is 15.7. The van der Waals surface area contributed by atoms with Gasteiger partial charge in [0.25, 0.3) is 0 Å². The molecular weight excluding hydrogens is 296 g/mol. The quantitative estimate of drug-likeness (QED) is 0.802. The lowest BCUT2D eigenvalue weighted by atomic mass is 10.1. The van der Waals surface area contributed by atoms with Crippen molar-refractivity contribution < 1.29 is 9.84 Å². The number of rotatable bonds is 6. The van der Waals surface area contributed by atoms with Gasteiger partial charge in [0.15, 0.2) is 0 Å². The molecule has 0 aliphatic heterocycles. The number of aliphatic hydroxyl groups is 1. The highest BCUT2D eigenvalue weighted by atomic mass is 32.1. The minimum absolute atomic E-state index is 0.314. The molecule has 4 nitrogen and oxygen atoms in total. The van der Waals surface area contributed by atoms with E-state index in [4.69, 9.17) is 4.74 Å². The van der Waals surface area contributed by atoms with Gasteiger partial charge in [-0.1, -0.05) is 31.7 Å². The Labute approximate surface area is 135 Å².